The van der Waals surface area contributed by atoms with Crippen LogP contribution in [0.5, 0.6) is 0 Å². The number of hydrogen-bond donors (Lipinski definition) is 24. The van der Waals surface area contributed by atoms with Crippen LogP contribution in [0, 0.1) is 0 Å². The maximum Gasteiger partial charge on any atom is 0.305 e. The Kier molecular flexibility index (Phi) is 37.7. The van der Waals surface area contributed by atoms with Crippen molar-refractivity contribution in [3.8, 4) is 0 Å². The predicted molar refractivity (Wildman–Crippen MR) is 310 cm³/mol. The summed E-state index contributed by atoms with van der Waals surface area (Å²) in [4.78, 5) is 288. The first-order valence-corrected chi connectivity index (χ1v) is 28.2. The fourth-order valence-corrected chi connectivity index (χ4v) is 7.96. The van der Waals surface area contributed by atoms with E-state index in [-0.39, 0.29) is 6.29 Å². The van der Waals surface area contributed by atoms with E-state index in [4.69, 9.17) is 17.2 Å². The van der Waals surface area contributed by atoms with Gasteiger partial charge in [-0.05, 0) is 19.3 Å². The third kappa shape index (κ3) is 34.7. The van der Waals surface area contributed by atoms with Crippen molar-refractivity contribution in [2.75, 3.05) is 13.2 Å². The van der Waals surface area contributed by atoms with Crippen molar-refractivity contribution < 1.29 is 156 Å². The molecule has 0 radical (unpaired) electrons. The summed E-state index contributed by atoms with van der Waals surface area (Å²) in [5.41, 5.74) is 15.4. The highest BCUT2D eigenvalue weighted by Gasteiger charge is 2.39. The van der Waals surface area contributed by atoms with Crippen molar-refractivity contribution >= 4 is 137 Å². The summed E-state index contributed by atoms with van der Waals surface area (Å²) in [6.07, 6.45) is -14.0. The molecule has 27 N–H and O–H groups in total. The van der Waals surface area contributed by atoms with E-state index in [2.05, 4.69) is 0 Å². The number of nitrogens with two attached hydrogens (primary N) is 3. The van der Waals surface area contributed by atoms with E-state index in [1.165, 1.54) is 0 Å². The summed E-state index contributed by atoms with van der Waals surface area (Å²) in [6.45, 7) is -2.11. The fraction of sp³-hybridized carbons (Fsp3) is 0.549. The highest BCUT2D eigenvalue weighted by atomic mass is 16.4. The first kappa shape index (κ1) is 85.9. The van der Waals surface area contributed by atoms with E-state index in [0.717, 1.165) is 6.92 Å². The summed E-state index contributed by atoms with van der Waals surface area (Å²) in [6, 6.07) is -26.0. The van der Waals surface area contributed by atoms with E-state index >= 15 is 0 Å². The molecule has 0 aliphatic rings. The number of aliphatic hydroxyl groups excluding tert-OH is 2. The van der Waals surface area contributed by atoms with E-state index in [0.29, 0.717) is 0 Å². The predicted octanol–water partition coefficient (Wildman–Crippen LogP) is -13.9. The lowest BCUT2D eigenvalue weighted by atomic mass is 10.1. The second kappa shape index (κ2) is 43.0. The van der Waals surface area contributed by atoms with E-state index < -0.39 is 300 Å². The molecule has 98 heavy (non-hydrogen) atoms. The molecule has 0 rings (SSSR count). The number of carboxylic acid groups (broad SMARTS) is 7. The Morgan fingerprint density at radius 2 is 0.469 bits per heavy atom. The number of nitrogens with one attached hydrogen (secondary N) is 12. The summed E-state index contributed by atoms with van der Waals surface area (Å²) < 4.78 is 0. The van der Waals surface area contributed by atoms with Gasteiger partial charge in [-0.2, -0.15) is 0 Å². The molecule has 0 aliphatic carbocycles. The monoisotopic (exact) mass is 1410 g/mol. The normalized spacial score (nSPS) is 14.3. The van der Waals surface area contributed by atoms with Crippen molar-refractivity contribution in [2.45, 2.75) is 163 Å². The molecule has 47 heteroatoms. The zero-order chi connectivity index (χ0) is 75.4. The van der Waals surface area contributed by atoms with Crippen LogP contribution >= 0.6 is 0 Å². The van der Waals surface area contributed by atoms with Crippen LogP contribution in [0.1, 0.15) is 90.4 Å². The molecule has 0 aromatic rings. The van der Waals surface area contributed by atoms with E-state index in [9.17, 15) is 156 Å². The zero-order valence-corrected chi connectivity index (χ0v) is 51.3. The number of primary amides is 3. The Hall–Kier alpha value is -12.1. The third-order valence-corrected chi connectivity index (χ3v) is 12.6. The van der Waals surface area contributed by atoms with Crippen LogP contribution in [0.3, 0.4) is 0 Å². The zero-order valence-electron chi connectivity index (χ0n) is 51.3. The summed E-state index contributed by atoms with van der Waals surface area (Å²) in [5, 5.41) is 109. The average Bonchev–Trinajstić information content (AvgIpc) is 0.891. The first-order chi connectivity index (χ1) is 45.5. The molecule has 47 nitrogen and oxygen atoms in total. The minimum atomic E-state index is -2.44. The SMILES string of the molecule is CC(=O)N[C@H](CC(=O)O)C(=O)N[C@H](CC(N)=O)C(=O)N[C@H](CC(=O)O)C(=O)N[C@H](CO)C(=O)N[C@H](CCC(=O)O)C(=O)N[C@H](CC(=O)O)C(=O)N[C@H](CC(N)=O)C(=O)N[C@H](CO)C(=O)N[C@H](CC(=O)O)C(=O)N[C@H](CCC(=O)O)C(=O)N[C@H](CCC(=O)O)C(=O)N[C@@H](C=O)CC(N)=O. The number of carbonyl (C=O) groups excluding carboxylic acids is 16. The molecular weight excluding hydrogens is 1330 g/mol. The number of aliphatic hydroxyl groups is 2. The number of aliphatic carboxylic acids is 7. The first-order valence-electron chi connectivity index (χ1n) is 28.2. The van der Waals surface area contributed by atoms with Gasteiger partial charge in [0.25, 0.3) is 0 Å². The third-order valence-electron chi connectivity index (χ3n) is 12.6. The van der Waals surface area contributed by atoms with Gasteiger partial charge in [0, 0.05) is 26.2 Å². The van der Waals surface area contributed by atoms with Gasteiger partial charge in [0.15, 0.2) is 0 Å². The van der Waals surface area contributed by atoms with Crippen LogP contribution < -0.4 is 81.0 Å². The largest absolute Gasteiger partial charge is 0.481 e. The number of rotatable bonds is 49. The van der Waals surface area contributed by atoms with Crippen LogP contribution in [-0.4, -0.2) is 268 Å². The van der Waals surface area contributed by atoms with Gasteiger partial charge < -0.3 is 132 Å². The van der Waals surface area contributed by atoms with Gasteiger partial charge in [-0.25, -0.2) is 0 Å². The number of aldehydes is 1. The number of carboxylic acids is 7. The molecule has 0 saturated carbocycles. The summed E-state index contributed by atoms with van der Waals surface area (Å²) in [5.74, 6) is -34.4. The number of hydrogen-bond acceptors (Lipinski definition) is 25. The second-order valence-corrected chi connectivity index (χ2v) is 20.7. The summed E-state index contributed by atoms with van der Waals surface area (Å²) >= 11 is 0. The average molecular weight is 1410 g/mol. The molecule has 0 aliphatic heterocycles. The molecule has 0 saturated heterocycles. The van der Waals surface area contributed by atoms with Gasteiger partial charge in [-0.1, -0.05) is 0 Å². The molecule has 0 aromatic heterocycles. The van der Waals surface area contributed by atoms with Gasteiger partial charge in [0.2, 0.25) is 88.6 Å². The molecule has 0 heterocycles. The highest BCUT2D eigenvalue weighted by Crippen LogP contribution is 2.10. The van der Waals surface area contributed by atoms with Crippen molar-refractivity contribution in [2.24, 2.45) is 17.2 Å². The summed E-state index contributed by atoms with van der Waals surface area (Å²) in [7, 11) is 0. The molecule has 0 unspecified atom stereocenters. The van der Waals surface area contributed by atoms with Crippen LogP contribution in [0.4, 0.5) is 0 Å². The maximum absolute atomic E-state index is 13.8. The van der Waals surface area contributed by atoms with Gasteiger partial charge in [0.1, 0.15) is 72.7 Å². The molecule has 12 atom stereocenters. The molecular formula is C51H73N15O32. The Bertz CT molecular complexity index is 3060. The highest BCUT2D eigenvalue weighted by molar-refractivity contribution is 6.02. The minimum Gasteiger partial charge on any atom is -0.481 e. The standard InChI is InChI=1S/C51H73N15O32/c1-18(70)55-25(11-37(80)81)46(93)60-23(9-32(53)72)44(91)63-28(14-40(86)87)49(96)66-29(16-68)50(97)59-22(4-7-36(78)79)43(90)62-27(13-39(84)85)48(95)61-24(10-33(54)73)45(92)65-30(17-69)51(98)64-26(12-38(82)83)47(94)58-21(3-6-35(76)77)42(89)57-20(2-5-34(74)75)41(88)56-19(15-67)8-31(52)71/h15,19-30,68-69H,2-14,16-17H2,1H3,(H2,52,71)(H2,53,72)(H2,54,73)(H,55,70)(H,56,88)(H,57,89)(H,58,94)(H,59,97)(H,60,93)(H,61,95)(H,62,90)(H,63,91)(H,64,98)(H,65,92)(H,66,96)(H,74,75)(H,76,77)(H,78,79)(H,80,81)(H,82,83)(H,84,85)(H,86,87)/t19-,20-,21-,22-,23-,24-,25-,26-,27-,28-,29-,30-/m1/s1. The van der Waals surface area contributed by atoms with Gasteiger partial charge >= 0.3 is 41.8 Å². The van der Waals surface area contributed by atoms with E-state index in [1.807, 2.05) is 47.9 Å². The van der Waals surface area contributed by atoms with Crippen LogP contribution in [0.15, 0.2) is 0 Å². The van der Waals surface area contributed by atoms with Crippen LogP contribution in [-0.2, 0) is 110 Å². The molecule has 0 aromatic carbocycles. The number of carbonyl (C=O) groups is 23. The molecule has 0 fully saturated rings. The van der Waals surface area contributed by atoms with Crippen LogP contribution in [0.2, 0.25) is 0 Å². The Morgan fingerprint density at radius 3 is 0.673 bits per heavy atom. The molecule has 0 bridgehead atoms. The lowest BCUT2D eigenvalue weighted by Crippen LogP contribution is -2.62. The molecule has 544 valence electrons. The van der Waals surface area contributed by atoms with Gasteiger partial charge in [-0.15, -0.1) is 0 Å². The van der Waals surface area contributed by atoms with Crippen molar-refractivity contribution in [3.63, 3.8) is 0 Å². The maximum atomic E-state index is 13.8. The Balaban J connectivity index is 6.90. The minimum absolute atomic E-state index is 0.0605. The quantitative estimate of drug-likeness (QED) is 0.0252. The Morgan fingerprint density at radius 1 is 0.276 bits per heavy atom. The Labute approximate surface area is 548 Å². The van der Waals surface area contributed by atoms with Crippen molar-refractivity contribution in [1.82, 2.24) is 63.8 Å². The van der Waals surface area contributed by atoms with Crippen molar-refractivity contribution in [3.05, 3.63) is 0 Å². The molecule has 15 amide bonds. The smallest absolute Gasteiger partial charge is 0.305 e. The van der Waals surface area contributed by atoms with Gasteiger partial charge in [-0.3, -0.25) is 105 Å². The second-order valence-electron chi connectivity index (χ2n) is 20.7. The fourth-order valence-electron chi connectivity index (χ4n) is 7.96. The topological polar surface area (TPSA) is 797 Å². The lowest BCUT2D eigenvalue weighted by Gasteiger charge is -2.27. The molecule has 0 spiro atoms. The lowest BCUT2D eigenvalue weighted by molar-refractivity contribution is -0.143. The number of amides is 15. The van der Waals surface area contributed by atoms with Crippen LogP contribution in [0.25, 0.3) is 0 Å². The van der Waals surface area contributed by atoms with E-state index in [1.54, 1.807) is 16.0 Å². The van der Waals surface area contributed by atoms with Gasteiger partial charge in [0.05, 0.1) is 64.2 Å². The van der Waals surface area contributed by atoms with Crippen molar-refractivity contribution in [1.29, 1.82) is 0 Å².